The van der Waals surface area contributed by atoms with Crippen LogP contribution in [-0.4, -0.2) is 16.9 Å². The number of hydrogen-bond acceptors (Lipinski definition) is 2. The maximum absolute atomic E-state index is 12.4. The van der Waals surface area contributed by atoms with Crippen molar-refractivity contribution in [2.45, 2.75) is 13.1 Å². The lowest BCUT2D eigenvalue weighted by molar-refractivity contribution is -0.138. The van der Waals surface area contributed by atoms with Gasteiger partial charge in [-0.25, -0.2) is 4.79 Å². The lowest BCUT2D eigenvalue weighted by Gasteiger charge is -2.10. The molecule has 0 saturated heterocycles. The van der Waals surface area contributed by atoms with Crippen molar-refractivity contribution < 1.29 is 27.9 Å². The summed E-state index contributed by atoms with van der Waals surface area (Å²) >= 11 is 0. The van der Waals surface area contributed by atoms with Crippen LogP contribution in [-0.2, 0) is 11.0 Å². The molecule has 0 spiro atoms. The number of carbonyl (C=O) groups is 2. The van der Waals surface area contributed by atoms with Crippen LogP contribution in [0.15, 0.2) is 18.2 Å². The highest BCUT2D eigenvalue weighted by Gasteiger charge is 2.33. The van der Waals surface area contributed by atoms with Gasteiger partial charge in [-0.3, -0.25) is 4.79 Å². The van der Waals surface area contributed by atoms with E-state index in [0.717, 1.165) is 12.1 Å². The molecular formula is C10H7F3O3. The van der Waals surface area contributed by atoms with Crippen molar-refractivity contribution in [2.24, 2.45) is 0 Å². The Kier molecular flexibility index (Phi) is 3.02. The Hall–Kier alpha value is -1.85. The fourth-order valence-corrected chi connectivity index (χ4v) is 1.19. The van der Waals surface area contributed by atoms with Crippen molar-refractivity contribution in [3.63, 3.8) is 0 Å². The van der Waals surface area contributed by atoms with E-state index >= 15 is 0 Å². The van der Waals surface area contributed by atoms with Crippen LogP contribution in [0.2, 0.25) is 0 Å². The van der Waals surface area contributed by atoms with Gasteiger partial charge in [0, 0.05) is 5.56 Å². The predicted molar refractivity (Wildman–Crippen MR) is 48.1 cm³/mol. The van der Waals surface area contributed by atoms with E-state index in [2.05, 4.69) is 0 Å². The fourth-order valence-electron chi connectivity index (χ4n) is 1.19. The number of alkyl halides is 3. The van der Waals surface area contributed by atoms with Crippen LogP contribution in [0.3, 0.4) is 0 Å². The number of aryl methyl sites for hydroxylation is 1. The summed E-state index contributed by atoms with van der Waals surface area (Å²) in [5.41, 5.74) is -1.54. The molecule has 0 bridgehead atoms. The average Bonchev–Trinajstić information content (AvgIpc) is 2.15. The highest BCUT2D eigenvalue weighted by molar-refractivity contribution is 6.39. The summed E-state index contributed by atoms with van der Waals surface area (Å²) in [6, 6.07) is 2.67. The molecule has 1 rings (SSSR count). The van der Waals surface area contributed by atoms with Gasteiger partial charge in [0.05, 0.1) is 5.56 Å². The van der Waals surface area contributed by atoms with Crippen molar-refractivity contribution >= 4 is 11.8 Å². The smallest absolute Gasteiger partial charge is 0.416 e. The van der Waals surface area contributed by atoms with Gasteiger partial charge in [-0.2, -0.15) is 13.2 Å². The van der Waals surface area contributed by atoms with E-state index in [1.165, 1.54) is 6.92 Å². The second-order valence-electron chi connectivity index (χ2n) is 3.16. The minimum atomic E-state index is -4.60. The van der Waals surface area contributed by atoms with E-state index in [1.54, 1.807) is 0 Å². The molecule has 1 N–H and O–H groups in total. The third-order valence-electron chi connectivity index (χ3n) is 2.00. The van der Waals surface area contributed by atoms with Gasteiger partial charge in [-0.15, -0.1) is 0 Å². The summed E-state index contributed by atoms with van der Waals surface area (Å²) in [5, 5.41) is 8.37. The number of hydrogen-bond donors (Lipinski definition) is 1. The summed E-state index contributed by atoms with van der Waals surface area (Å²) in [6.07, 6.45) is -4.60. The molecule has 0 aliphatic heterocycles. The van der Waals surface area contributed by atoms with Crippen LogP contribution >= 0.6 is 0 Å². The van der Waals surface area contributed by atoms with Crippen molar-refractivity contribution in [1.29, 1.82) is 0 Å². The first-order chi connectivity index (χ1) is 7.23. The van der Waals surface area contributed by atoms with Gasteiger partial charge in [0.15, 0.2) is 0 Å². The zero-order chi connectivity index (χ0) is 12.5. The van der Waals surface area contributed by atoms with Crippen molar-refractivity contribution in [3.8, 4) is 0 Å². The summed E-state index contributed by atoms with van der Waals surface area (Å²) in [5.74, 6) is -3.14. The number of carboxylic acids is 1. The lowest BCUT2D eigenvalue weighted by atomic mass is 10.0. The largest absolute Gasteiger partial charge is 0.475 e. The molecule has 1 aromatic carbocycles. The quantitative estimate of drug-likeness (QED) is 0.628. The monoisotopic (exact) mass is 232 g/mol. The van der Waals surface area contributed by atoms with Crippen LogP contribution in [0.25, 0.3) is 0 Å². The first-order valence-electron chi connectivity index (χ1n) is 4.19. The summed E-state index contributed by atoms with van der Waals surface area (Å²) in [4.78, 5) is 21.3. The molecule has 0 heterocycles. The van der Waals surface area contributed by atoms with E-state index < -0.39 is 29.1 Å². The molecule has 6 heteroatoms. The Bertz CT molecular complexity index is 449. The van der Waals surface area contributed by atoms with Crippen LogP contribution in [0.1, 0.15) is 21.5 Å². The second-order valence-corrected chi connectivity index (χ2v) is 3.16. The lowest BCUT2D eigenvalue weighted by Crippen LogP contribution is -2.15. The Labute approximate surface area is 88.5 Å². The van der Waals surface area contributed by atoms with Gasteiger partial charge in [-0.1, -0.05) is 12.1 Å². The topological polar surface area (TPSA) is 54.4 Å². The molecule has 0 amide bonds. The van der Waals surface area contributed by atoms with Gasteiger partial charge in [-0.05, 0) is 18.6 Å². The maximum atomic E-state index is 12.4. The molecule has 0 fully saturated rings. The number of Topliss-reactive ketones (excluding diaryl/α,β-unsaturated/α-hetero) is 1. The van der Waals surface area contributed by atoms with Crippen LogP contribution in [0.5, 0.6) is 0 Å². The third-order valence-corrected chi connectivity index (χ3v) is 2.00. The standard InChI is InChI=1S/C10H7F3O3/c1-5-2-3-6(8(14)9(15)16)4-7(5)10(11,12)13/h2-4H,1H3,(H,15,16). The first kappa shape index (κ1) is 12.2. The number of halogens is 3. The predicted octanol–water partition coefficient (Wildman–Crippen LogP) is 2.28. The number of aliphatic carboxylic acids is 1. The van der Waals surface area contributed by atoms with Crippen molar-refractivity contribution in [1.82, 2.24) is 0 Å². The molecule has 1 aromatic rings. The van der Waals surface area contributed by atoms with E-state index in [1.807, 2.05) is 0 Å². The number of ketones is 1. The van der Waals surface area contributed by atoms with Gasteiger partial charge in [0.2, 0.25) is 0 Å². The van der Waals surface area contributed by atoms with E-state index in [-0.39, 0.29) is 5.56 Å². The van der Waals surface area contributed by atoms with Crippen molar-refractivity contribution in [3.05, 3.63) is 34.9 Å². The highest BCUT2D eigenvalue weighted by Crippen LogP contribution is 2.32. The minimum Gasteiger partial charge on any atom is -0.475 e. The van der Waals surface area contributed by atoms with E-state index in [9.17, 15) is 22.8 Å². The zero-order valence-electron chi connectivity index (χ0n) is 8.13. The molecule has 0 atom stereocenters. The zero-order valence-corrected chi connectivity index (χ0v) is 8.13. The Morgan fingerprint density at radius 2 is 1.81 bits per heavy atom. The van der Waals surface area contributed by atoms with Gasteiger partial charge < -0.3 is 5.11 Å². The fraction of sp³-hybridized carbons (Fsp3) is 0.200. The second kappa shape index (κ2) is 3.96. The molecule has 3 nitrogen and oxygen atoms in total. The Morgan fingerprint density at radius 1 is 1.25 bits per heavy atom. The van der Waals surface area contributed by atoms with Crippen molar-refractivity contribution in [2.75, 3.05) is 0 Å². The average molecular weight is 232 g/mol. The van der Waals surface area contributed by atoms with E-state index in [0.29, 0.717) is 6.07 Å². The SMILES string of the molecule is Cc1ccc(C(=O)C(=O)O)cc1C(F)(F)F. The molecule has 86 valence electrons. The van der Waals surface area contributed by atoms with Crippen LogP contribution in [0, 0.1) is 6.92 Å². The normalized spacial score (nSPS) is 11.2. The van der Waals surface area contributed by atoms with Gasteiger partial charge >= 0.3 is 12.1 Å². The molecule has 0 unspecified atom stereocenters. The molecule has 0 radical (unpaired) electrons. The number of rotatable bonds is 2. The summed E-state index contributed by atoms with van der Waals surface area (Å²) < 4.78 is 37.3. The minimum absolute atomic E-state index is 0.0607. The first-order valence-corrected chi connectivity index (χ1v) is 4.19. The maximum Gasteiger partial charge on any atom is 0.416 e. The summed E-state index contributed by atoms with van der Waals surface area (Å²) in [6.45, 7) is 1.23. The Morgan fingerprint density at radius 3 is 2.25 bits per heavy atom. The third kappa shape index (κ3) is 2.39. The van der Waals surface area contributed by atoms with Crippen LogP contribution < -0.4 is 0 Å². The summed E-state index contributed by atoms with van der Waals surface area (Å²) in [7, 11) is 0. The molecule has 0 saturated carbocycles. The molecule has 0 aromatic heterocycles. The molecule has 16 heavy (non-hydrogen) atoms. The van der Waals surface area contributed by atoms with Gasteiger partial charge in [0.1, 0.15) is 0 Å². The molecule has 0 aliphatic carbocycles. The highest BCUT2D eigenvalue weighted by atomic mass is 19.4. The number of carbonyl (C=O) groups excluding carboxylic acids is 1. The molecular weight excluding hydrogens is 225 g/mol. The van der Waals surface area contributed by atoms with Crippen LogP contribution in [0.4, 0.5) is 13.2 Å². The number of benzene rings is 1. The molecule has 0 aliphatic rings. The van der Waals surface area contributed by atoms with E-state index in [4.69, 9.17) is 5.11 Å². The number of carboxylic acid groups (broad SMARTS) is 1. The van der Waals surface area contributed by atoms with Gasteiger partial charge in [0.25, 0.3) is 5.78 Å². The Balaban J connectivity index is 3.28.